The van der Waals surface area contributed by atoms with E-state index in [0.29, 0.717) is 5.56 Å². The van der Waals surface area contributed by atoms with Crippen LogP contribution < -0.4 is 10.6 Å². The van der Waals surface area contributed by atoms with Crippen LogP contribution in [0, 0.1) is 5.82 Å². The first-order valence-electron chi connectivity index (χ1n) is 8.00. The Hall–Kier alpha value is -2.97. The number of halogens is 1. The molecule has 0 unspecified atom stereocenters. The fraction of sp³-hybridized carbons (Fsp3) is 0.412. The summed E-state index contributed by atoms with van der Waals surface area (Å²) in [5, 5.41) is 4.93. The van der Waals surface area contributed by atoms with Crippen LogP contribution in [0.15, 0.2) is 24.3 Å². The molecule has 1 aromatic rings. The Morgan fingerprint density at radius 1 is 1.27 bits per heavy atom. The molecule has 0 saturated carbocycles. The van der Waals surface area contributed by atoms with E-state index >= 15 is 0 Å². The molecule has 26 heavy (non-hydrogen) atoms. The van der Waals surface area contributed by atoms with Crippen molar-refractivity contribution in [3.8, 4) is 0 Å². The van der Waals surface area contributed by atoms with Gasteiger partial charge in [-0.2, -0.15) is 0 Å². The number of ether oxygens (including phenoxy) is 1. The van der Waals surface area contributed by atoms with Crippen LogP contribution in [0.4, 0.5) is 9.18 Å². The quantitative estimate of drug-likeness (QED) is 0.547. The van der Waals surface area contributed by atoms with Gasteiger partial charge < -0.3 is 15.4 Å². The van der Waals surface area contributed by atoms with Crippen molar-refractivity contribution in [2.24, 2.45) is 0 Å². The Morgan fingerprint density at radius 3 is 2.58 bits per heavy atom. The Labute approximate surface area is 149 Å². The van der Waals surface area contributed by atoms with Crippen molar-refractivity contribution >= 4 is 23.8 Å². The largest absolute Gasteiger partial charge is 0.456 e. The van der Waals surface area contributed by atoms with E-state index in [0.717, 1.165) is 4.90 Å². The molecule has 140 valence electrons. The predicted molar refractivity (Wildman–Crippen MR) is 88.1 cm³/mol. The third kappa shape index (κ3) is 4.78. The van der Waals surface area contributed by atoms with Gasteiger partial charge in [0.2, 0.25) is 0 Å². The Bertz CT molecular complexity index is 735. The van der Waals surface area contributed by atoms with E-state index in [4.69, 9.17) is 4.74 Å². The first-order chi connectivity index (χ1) is 12.2. The number of carbonyl (C=O) groups is 4. The number of hydrogen-bond donors (Lipinski definition) is 2. The van der Waals surface area contributed by atoms with Crippen molar-refractivity contribution in [1.29, 1.82) is 0 Å². The smallest absolute Gasteiger partial charge is 0.325 e. The second-order valence-electron chi connectivity index (χ2n) is 6.29. The Kier molecular flexibility index (Phi) is 5.91. The monoisotopic (exact) mass is 365 g/mol. The van der Waals surface area contributed by atoms with E-state index < -0.39 is 41.8 Å². The number of hydrogen-bond acceptors (Lipinski definition) is 5. The van der Waals surface area contributed by atoms with Crippen molar-refractivity contribution < 1.29 is 28.3 Å². The number of urea groups is 1. The summed E-state index contributed by atoms with van der Waals surface area (Å²) < 4.78 is 18.2. The number of benzene rings is 1. The molecule has 0 atom stereocenters. The molecule has 0 aromatic heterocycles. The average molecular weight is 365 g/mol. The maximum absolute atomic E-state index is 13.4. The minimum atomic E-state index is -1.01. The highest BCUT2D eigenvalue weighted by atomic mass is 19.1. The summed E-state index contributed by atoms with van der Waals surface area (Å²) in [4.78, 5) is 47.9. The van der Waals surface area contributed by atoms with Crippen LogP contribution in [0.5, 0.6) is 0 Å². The zero-order valence-corrected chi connectivity index (χ0v) is 14.5. The van der Waals surface area contributed by atoms with Gasteiger partial charge in [0.05, 0.1) is 6.42 Å². The van der Waals surface area contributed by atoms with Crippen molar-refractivity contribution in [2.45, 2.75) is 32.4 Å². The van der Waals surface area contributed by atoms with Gasteiger partial charge in [-0.1, -0.05) is 18.2 Å². The van der Waals surface area contributed by atoms with Gasteiger partial charge in [-0.3, -0.25) is 19.3 Å². The predicted octanol–water partition coefficient (Wildman–Crippen LogP) is 0.706. The molecule has 1 fully saturated rings. The van der Waals surface area contributed by atoms with Crippen LogP contribution >= 0.6 is 0 Å². The Balaban J connectivity index is 1.70. The van der Waals surface area contributed by atoms with Crippen LogP contribution in [0.1, 0.15) is 25.8 Å². The maximum Gasteiger partial charge on any atom is 0.325 e. The molecular weight excluding hydrogens is 345 g/mol. The molecule has 1 saturated heterocycles. The second-order valence-corrected chi connectivity index (χ2v) is 6.29. The second kappa shape index (κ2) is 7.94. The molecule has 8 nitrogen and oxygen atoms in total. The molecule has 1 aliphatic heterocycles. The molecule has 2 N–H and O–H groups in total. The van der Waals surface area contributed by atoms with Gasteiger partial charge in [0.25, 0.3) is 11.8 Å². The lowest BCUT2D eigenvalue weighted by molar-refractivity contribution is -0.149. The molecule has 1 heterocycles. The van der Waals surface area contributed by atoms with Gasteiger partial charge >= 0.3 is 12.0 Å². The van der Waals surface area contributed by atoms with Crippen LogP contribution in [0.3, 0.4) is 0 Å². The normalized spacial score (nSPS) is 15.6. The van der Waals surface area contributed by atoms with Crippen molar-refractivity contribution in [3.63, 3.8) is 0 Å². The molecule has 9 heteroatoms. The van der Waals surface area contributed by atoms with Crippen molar-refractivity contribution in [2.75, 3.05) is 13.2 Å². The fourth-order valence-electron chi connectivity index (χ4n) is 2.33. The highest BCUT2D eigenvalue weighted by molar-refractivity contribution is 6.06. The molecule has 4 amide bonds. The van der Waals surface area contributed by atoms with Gasteiger partial charge in [0.1, 0.15) is 11.4 Å². The summed E-state index contributed by atoms with van der Waals surface area (Å²) in [6.45, 7) is 2.43. The zero-order valence-electron chi connectivity index (χ0n) is 14.5. The standard InChI is InChI=1S/C17H20FN3O5/c1-17(2)15(24)21(16(25)20-17)8-7-14(23)26-10-13(22)19-9-11-5-3-4-6-12(11)18/h3-6H,7-10H2,1-2H3,(H,19,22)(H,20,25). The highest BCUT2D eigenvalue weighted by Crippen LogP contribution is 2.16. The summed E-state index contributed by atoms with van der Waals surface area (Å²) in [7, 11) is 0. The van der Waals surface area contributed by atoms with Crippen molar-refractivity contribution in [1.82, 2.24) is 15.5 Å². The number of imide groups is 1. The van der Waals surface area contributed by atoms with E-state index in [1.807, 2.05) is 0 Å². The van der Waals surface area contributed by atoms with Crippen LogP contribution in [-0.4, -0.2) is 47.4 Å². The highest BCUT2D eigenvalue weighted by Gasteiger charge is 2.44. The third-order valence-corrected chi connectivity index (χ3v) is 3.78. The first kappa shape index (κ1) is 19.4. The van der Waals surface area contributed by atoms with E-state index in [2.05, 4.69) is 10.6 Å². The van der Waals surface area contributed by atoms with E-state index in [-0.39, 0.29) is 19.5 Å². The Morgan fingerprint density at radius 2 is 1.96 bits per heavy atom. The molecule has 1 aliphatic rings. The lowest BCUT2D eigenvalue weighted by Crippen LogP contribution is -2.40. The molecule has 0 bridgehead atoms. The molecule has 0 aliphatic carbocycles. The molecular formula is C17H20FN3O5. The molecule has 0 radical (unpaired) electrons. The fourth-order valence-corrected chi connectivity index (χ4v) is 2.33. The minimum absolute atomic E-state index is 0.0272. The number of rotatable bonds is 7. The lowest BCUT2D eigenvalue weighted by atomic mass is 10.1. The number of amides is 4. The molecule has 0 spiro atoms. The number of nitrogens with zero attached hydrogens (tertiary/aromatic N) is 1. The summed E-state index contributed by atoms with van der Waals surface area (Å²) in [6.07, 6.45) is -0.226. The minimum Gasteiger partial charge on any atom is -0.456 e. The van der Waals surface area contributed by atoms with Crippen molar-refractivity contribution in [3.05, 3.63) is 35.6 Å². The SMILES string of the molecule is CC1(C)NC(=O)N(CCC(=O)OCC(=O)NCc2ccccc2F)C1=O. The van der Waals surface area contributed by atoms with Crippen LogP contribution in [0.2, 0.25) is 0 Å². The maximum atomic E-state index is 13.4. The number of esters is 1. The topological polar surface area (TPSA) is 105 Å². The summed E-state index contributed by atoms with van der Waals surface area (Å²) >= 11 is 0. The average Bonchev–Trinajstić information content (AvgIpc) is 2.78. The van der Waals surface area contributed by atoms with E-state index in [9.17, 15) is 23.6 Å². The lowest BCUT2D eigenvalue weighted by Gasteiger charge is -2.15. The first-order valence-corrected chi connectivity index (χ1v) is 8.00. The third-order valence-electron chi connectivity index (χ3n) is 3.78. The number of nitrogens with one attached hydrogen (secondary N) is 2. The summed E-state index contributed by atoms with van der Waals surface area (Å²) in [6, 6.07) is 5.41. The van der Waals surface area contributed by atoms with Gasteiger partial charge in [-0.25, -0.2) is 9.18 Å². The molecule has 1 aromatic carbocycles. The van der Waals surface area contributed by atoms with Gasteiger partial charge in [0, 0.05) is 18.7 Å². The molecule has 2 rings (SSSR count). The van der Waals surface area contributed by atoms with E-state index in [1.165, 1.54) is 18.2 Å². The van der Waals surface area contributed by atoms with Gasteiger partial charge in [0.15, 0.2) is 6.61 Å². The summed E-state index contributed by atoms with van der Waals surface area (Å²) in [5.41, 5.74) is -0.693. The zero-order chi connectivity index (χ0) is 19.3. The summed E-state index contributed by atoms with van der Waals surface area (Å²) in [5.74, 6) is -2.19. The van der Waals surface area contributed by atoms with Crippen LogP contribution in [-0.2, 0) is 25.7 Å². The number of carbonyl (C=O) groups excluding carboxylic acids is 4. The van der Waals surface area contributed by atoms with E-state index in [1.54, 1.807) is 19.9 Å². The van der Waals surface area contributed by atoms with Gasteiger partial charge in [-0.05, 0) is 19.9 Å². The van der Waals surface area contributed by atoms with Crippen LogP contribution in [0.25, 0.3) is 0 Å². The van der Waals surface area contributed by atoms with Gasteiger partial charge in [-0.15, -0.1) is 0 Å².